The summed E-state index contributed by atoms with van der Waals surface area (Å²) in [6.45, 7) is 5.70. The van der Waals surface area contributed by atoms with Crippen molar-refractivity contribution in [3.8, 4) is 11.3 Å². The topological polar surface area (TPSA) is 132 Å². The summed E-state index contributed by atoms with van der Waals surface area (Å²) in [5.74, 6) is -1.11. The van der Waals surface area contributed by atoms with Gasteiger partial charge in [-0.05, 0) is 58.2 Å². The lowest BCUT2D eigenvalue weighted by atomic mass is 10.0. The van der Waals surface area contributed by atoms with E-state index in [2.05, 4.69) is 15.8 Å². The van der Waals surface area contributed by atoms with Gasteiger partial charge in [-0.3, -0.25) is 14.9 Å². The molecule has 1 fully saturated rings. The van der Waals surface area contributed by atoms with Gasteiger partial charge in [-0.25, -0.2) is 4.79 Å². The SMILES string of the molecule is CN(C)c1cc(NC(=O)OC(C)(C)C)c(NC(=O)CC(=O)c2cccc(-c3cc(COC4CCCCO4)no3)c2)cc1C(F)(F)F. The van der Waals surface area contributed by atoms with Crippen molar-refractivity contribution >= 4 is 34.8 Å². The van der Waals surface area contributed by atoms with E-state index < -0.39 is 41.5 Å². The highest BCUT2D eigenvalue weighted by molar-refractivity contribution is 6.12. The van der Waals surface area contributed by atoms with E-state index >= 15 is 0 Å². The van der Waals surface area contributed by atoms with E-state index in [1.165, 1.54) is 31.1 Å². The summed E-state index contributed by atoms with van der Waals surface area (Å²) in [6.07, 6.45) is -3.89. The Kier molecular flexibility index (Phi) is 10.7. The molecule has 1 unspecified atom stereocenters. The molecule has 4 rings (SSSR count). The van der Waals surface area contributed by atoms with E-state index in [1.54, 1.807) is 39.0 Å². The van der Waals surface area contributed by atoms with Gasteiger partial charge in [-0.15, -0.1) is 0 Å². The van der Waals surface area contributed by atoms with Gasteiger partial charge in [-0.2, -0.15) is 13.2 Å². The number of ether oxygens (including phenoxy) is 3. The highest BCUT2D eigenvalue weighted by atomic mass is 19.4. The predicted octanol–water partition coefficient (Wildman–Crippen LogP) is 7.03. The van der Waals surface area contributed by atoms with E-state index in [0.717, 1.165) is 25.3 Å². The standard InChI is InChI=1S/C32H37F3N4O7/c1-31(2,3)45-30(42)37-24-16-25(39(4)5)22(32(33,34)35)15-23(24)36-28(41)17-26(40)19-9-8-10-20(13-19)27-14-21(38-46-27)18-44-29-11-6-7-12-43-29/h8-10,13-16,29H,6-7,11-12,17-18H2,1-5H3,(H,36,41)(H,37,42). The summed E-state index contributed by atoms with van der Waals surface area (Å²) >= 11 is 0. The summed E-state index contributed by atoms with van der Waals surface area (Å²) in [6, 6.07) is 9.79. The maximum Gasteiger partial charge on any atom is 0.418 e. The third kappa shape index (κ3) is 9.54. The van der Waals surface area contributed by atoms with Crippen LogP contribution in [0, 0.1) is 0 Å². The normalized spacial score (nSPS) is 15.3. The number of hydrogen-bond donors (Lipinski definition) is 2. The number of nitrogens with one attached hydrogen (secondary N) is 2. The molecule has 0 bridgehead atoms. The molecule has 248 valence electrons. The number of benzene rings is 2. The number of amides is 2. The lowest BCUT2D eigenvalue weighted by molar-refractivity contribution is -0.169. The molecule has 2 amide bonds. The van der Waals surface area contributed by atoms with Crippen LogP contribution in [0.3, 0.4) is 0 Å². The number of hydrogen-bond acceptors (Lipinski definition) is 9. The first-order valence-electron chi connectivity index (χ1n) is 14.6. The van der Waals surface area contributed by atoms with Gasteiger partial charge in [0, 0.05) is 37.9 Å². The van der Waals surface area contributed by atoms with E-state index in [9.17, 15) is 27.6 Å². The molecule has 14 heteroatoms. The van der Waals surface area contributed by atoms with Crippen LogP contribution in [0.4, 0.5) is 35.0 Å². The van der Waals surface area contributed by atoms with Crippen LogP contribution in [0.15, 0.2) is 47.0 Å². The number of halogens is 3. The van der Waals surface area contributed by atoms with Crippen molar-refractivity contribution in [1.29, 1.82) is 0 Å². The Bertz CT molecular complexity index is 1560. The largest absolute Gasteiger partial charge is 0.444 e. The molecule has 0 aliphatic carbocycles. The zero-order chi connectivity index (χ0) is 33.6. The third-order valence-corrected chi connectivity index (χ3v) is 6.74. The highest BCUT2D eigenvalue weighted by Gasteiger charge is 2.36. The smallest absolute Gasteiger partial charge is 0.418 e. The molecule has 0 saturated carbocycles. The van der Waals surface area contributed by atoms with Crippen LogP contribution in [0.2, 0.25) is 0 Å². The van der Waals surface area contributed by atoms with Crippen LogP contribution >= 0.6 is 0 Å². The highest BCUT2D eigenvalue weighted by Crippen LogP contribution is 2.41. The van der Waals surface area contributed by atoms with Crippen molar-refractivity contribution in [2.45, 2.75) is 71.1 Å². The summed E-state index contributed by atoms with van der Waals surface area (Å²) < 4.78 is 63.8. The second kappa shape index (κ2) is 14.3. The quantitative estimate of drug-likeness (QED) is 0.176. The van der Waals surface area contributed by atoms with Crippen LogP contribution in [-0.4, -0.2) is 55.5 Å². The Balaban J connectivity index is 1.49. The van der Waals surface area contributed by atoms with E-state index in [4.69, 9.17) is 18.7 Å². The zero-order valence-electron chi connectivity index (χ0n) is 26.2. The second-order valence-corrected chi connectivity index (χ2v) is 12.0. The summed E-state index contributed by atoms with van der Waals surface area (Å²) in [7, 11) is 2.82. The molecule has 2 aromatic carbocycles. The van der Waals surface area contributed by atoms with Crippen LogP contribution in [-0.2, 0) is 31.8 Å². The Labute approximate surface area is 264 Å². The number of aromatic nitrogens is 1. The fourth-order valence-electron chi connectivity index (χ4n) is 4.63. The van der Waals surface area contributed by atoms with Gasteiger partial charge in [-0.1, -0.05) is 23.4 Å². The van der Waals surface area contributed by atoms with E-state index in [-0.39, 0.29) is 35.5 Å². The van der Waals surface area contributed by atoms with Crippen molar-refractivity contribution in [3.05, 3.63) is 59.3 Å². The van der Waals surface area contributed by atoms with Crippen LogP contribution in [0.1, 0.15) is 68.1 Å². The first-order chi connectivity index (χ1) is 21.6. The number of carbonyl (C=O) groups is 3. The first-order valence-corrected chi connectivity index (χ1v) is 14.6. The molecule has 0 radical (unpaired) electrons. The minimum absolute atomic E-state index is 0.145. The first kappa shape index (κ1) is 34.4. The van der Waals surface area contributed by atoms with Gasteiger partial charge < -0.3 is 29.0 Å². The van der Waals surface area contributed by atoms with Crippen LogP contribution in [0.25, 0.3) is 11.3 Å². The molecular formula is C32H37F3N4O7. The fraction of sp³-hybridized carbons (Fsp3) is 0.438. The molecule has 1 aromatic heterocycles. The van der Waals surface area contributed by atoms with Gasteiger partial charge in [0.05, 0.1) is 35.7 Å². The number of nitrogens with zero attached hydrogens (tertiary/aromatic N) is 2. The van der Waals surface area contributed by atoms with E-state index in [1.807, 2.05) is 0 Å². The Morgan fingerprint density at radius 1 is 1.02 bits per heavy atom. The minimum atomic E-state index is -4.78. The maximum absolute atomic E-state index is 14.0. The molecule has 2 heterocycles. The van der Waals surface area contributed by atoms with Crippen molar-refractivity contribution in [2.75, 3.05) is 36.2 Å². The van der Waals surface area contributed by atoms with Gasteiger partial charge in [0.15, 0.2) is 17.8 Å². The minimum Gasteiger partial charge on any atom is -0.444 e. The molecule has 1 aliphatic rings. The van der Waals surface area contributed by atoms with Crippen LogP contribution < -0.4 is 15.5 Å². The van der Waals surface area contributed by atoms with Crippen molar-refractivity contribution in [2.24, 2.45) is 0 Å². The summed E-state index contributed by atoms with van der Waals surface area (Å²) in [4.78, 5) is 39.8. The number of ketones is 1. The molecule has 1 aliphatic heterocycles. The maximum atomic E-state index is 14.0. The number of rotatable bonds is 10. The average Bonchev–Trinajstić information content (AvgIpc) is 3.45. The number of alkyl halides is 3. The summed E-state index contributed by atoms with van der Waals surface area (Å²) in [5, 5.41) is 8.76. The lowest BCUT2D eigenvalue weighted by Crippen LogP contribution is -2.28. The molecule has 1 atom stereocenters. The second-order valence-electron chi connectivity index (χ2n) is 12.0. The Morgan fingerprint density at radius 3 is 2.41 bits per heavy atom. The molecule has 1 saturated heterocycles. The molecule has 11 nitrogen and oxygen atoms in total. The Hall–Kier alpha value is -4.43. The van der Waals surface area contributed by atoms with Crippen molar-refractivity contribution in [1.82, 2.24) is 5.16 Å². The average molecular weight is 647 g/mol. The van der Waals surface area contributed by atoms with Crippen molar-refractivity contribution < 1.29 is 46.3 Å². The van der Waals surface area contributed by atoms with Gasteiger partial charge >= 0.3 is 12.3 Å². The number of carbonyl (C=O) groups excluding carboxylic acids is 3. The fourth-order valence-corrected chi connectivity index (χ4v) is 4.63. The zero-order valence-corrected chi connectivity index (χ0v) is 26.2. The van der Waals surface area contributed by atoms with Gasteiger partial charge in [0.2, 0.25) is 5.91 Å². The predicted molar refractivity (Wildman–Crippen MR) is 164 cm³/mol. The van der Waals surface area contributed by atoms with Gasteiger partial charge in [0.25, 0.3) is 0 Å². The lowest BCUT2D eigenvalue weighted by Gasteiger charge is -2.24. The Morgan fingerprint density at radius 2 is 1.76 bits per heavy atom. The van der Waals surface area contributed by atoms with Gasteiger partial charge in [0.1, 0.15) is 11.3 Å². The molecule has 46 heavy (non-hydrogen) atoms. The van der Waals surface area contributed by atoms with Crippen LogP contribution in [0.5, 0.6) is 0 Å². The molecular weight excluding hydrogens is 609 g/mol. The molecule has 0 spiro atoms. The third-order valence-electron chi connectivity index (χ3n) is 6.74. The van der Waals surface area contributed by atoms with E-state index in [0.29, 0.717) is 29.7 Å². The molecule has 3 aromatic rings. The monoisotopic (exact) mass is 646 g/mol. The number of Topliss-reactive ketones (excluding diaryl/α,β-unsaturated/α-hetero) is 1. The van der Waals surface area contributed by atoms with Crippen molar-refractivity contribution in [3.63, 3.8) is 0 Å². The molecule has 2 N–H and O–H groups in total. The number of anilines is 3. The summed E-state index contributed by atoms with van der Waals surface area (Å²) in [5.41, 5.74) is -1.47.